The predicted octanol–water partition coefficient (Wildman–Crippen LogP) is 3.46. The van der Waals surface area contributed by atoms with E-state index in [-0.39, 0.29) is 5.92 Å². The van der Waals surface area contributed by atoms with Gasteiger partial charge in [-0.2, -0.15) is 13.2 Å². The van der Waals surface area contributed by atoms with E-state index in [1.54, 1.807) is 6.07 Å². The van der Waals surface area contributed by atoms with Crippen molar-refractivity contribution >= 4 is 17.2 Å². The Labute approximate surface area is 126 Å². The van der Waals surface area contributed by atoms with E-state index in [1.807, 2.05) is 26.8 Å². The molecule has 7 heteroatoms. The van der Waals surface area contributed by atoms with Crippen molar-refractivity contribution in [2.75, 3.05) is 6.54 Å². The lowest BCUT2D eigenvalue weighted by Crippen LogP contribution is -2.38. The number of aryl methyl sites for hydroxylation is 1. The van der Waals surface area contributed by atoms with E-state index < -0.39 is 30.8 Å². The second-order valence-electron chi connectivity index (χ2n) is 5.78. The van der Waals surface area contributed by atoms with Gasteiger partial charge in [0.25, 0.3) is 0 Å². The van der Waals surface area contributed by atoms with Gasteiger partial charge in [-0.1, -0.05) is 13.8 Å². The Morgan fingerprint density at radius 1 is 1.38 bits per heavy atom. The highest BCUT2D eigenvalue weighted by Gasteiger charge is 2.45. The monoisotopic (exact) mass is 320 g/mol. The van der Waals surface area contributed by atoms with Crippen molar-refractivity contribution < 1.29 is 18.0 Å². The summed E-state index contributed by atoms with van der Waals surface area (Å²) in [6.07, 6.45) is -4.54. The van der Waals surface area contributed by atoms with Gasteiger partial charge >= 0.3 is 6.18 Å². The number of hydrogen-bond acceptors (Lipinski definition) is 3. The SMILES string of the molecule is Cc1ccc(C2NC(CC(C)C)C(=O)N2CC(F)(F)F)s1. The standard InChI is InChI=1S/C14H19F3N2OS/c1-8(2)6-10-13(20)19(7-14(15,16)17)12(18-10)11-5-4-9(3)21-11/h4-5,8,10,12,18H,6-7H2,1-3H3. The molecule has 3 nitrogen and oxygen atoms in total. The molecule has 2 unspecified atom stereocenters. The van der Waals surface area contributed by atoms with Crippen LogP contribution in [0.25, 0.3) is 0 Å². The largest absolute Gasteiger partial charge is 0.406 e. The molecule has 1 saturated heterocycles. The van der Waals surface area contributed by atoms with Gasteiger partial charge in [-0.3, -0.25) is 10.1 Å². The number of thiophene rings is 1. The summed E-state index contributed by atoms with van der Waals surface area (Å²) >= 11 is 1.41. The van der Waals surface area contributed by atoms with E-state index in [1.165, 1.54) is 11.3 Å². The molecule has 1 aromatic rings. The first-order chi connectivity index (χ1) is 9.67. The zero-order valence-corrected chi connectivity index (χ0v) is 13.0. The summed E-state index contributed by atoms with van der Waals surface area (Å²) in [7, 11) is 0. The number of nitrogens with zero attached hydrogens (tertiary/aromatic N) is 1. The lowest BCUT2D eigenvalue weighted by molar-refractivity contribution is -0.161. The molecule has 1 aromatic heterocycles. The van der Waals surface area contributed by atoms with Crippen molar-refractivity contribution in [2.45, 2.75) is 45.6 Å². The molecule has 2 atom stereocenters. The van der Waals surface area contributed by atoms with Gasteiger partial charge in [0.1, 0.15) is 12.7 Å². The molecule has 1 N–H and O–H groups in total. The average Bonchev–Trinajstić information content (AvgIpc) is 2.86. The molecule has 1 amide bonds. The molecule has 2 heterocycles. The van der Waals surface area contributed by atoms with Gasteiger partial charge in [0.15, 0.2) is 0 Å². The first kappa shape index (κ1) is 16.3. The topological polar surface area (TPSA) is 32.3 Å². The smallest absolute Gasteiger partial charge is 0.312 e. The third-order valence-electron chi connectivity index (χ3n) is 3.34. The third-order valence-corrected chi connectivity index (χ3v) is 4.39. The second kappa shape index (κ2) is 5.96. The summed E-state index contributed by atoms with van der Waals surface area (Å²) in [5, 5.41) is 3.06. The fourth-order valence-electron chi connectivity index (χ4n) is 2.52. The highest BCUT2D eigenvalue weighted by Crippen LogP contribution is 2.34. The Morgan fingerprint density at radius 3 is 2.52 bits per heavy atom. The Kier molecular flexibility index (Phi) is 4.63. The molecule has 0 aromatic carbocycles. The molecule has 118 valence electrons. The molecule has 1 aliphatic rings. The van der Waals surface area contributed by atoms with Crippen molar-refractivity contribution in [3.8, 4) is 0 Å². The molecule has 0 spiro atoms. The summed E-state index contributed by atoms with van der Waals surface area (Å²) in [5.41, 5.74) is 0. The maximum absolute atomic E-state index is 12.7. The van der Waals surface area contributed by atoms with Crippen LogP contribution in [0.15, 0.2) is 12.1 Å². The van der Waals surface area contributed by atoms with Crippen LogP contribution in [0.5, 0.6) is 0 Å². The highest BCUT2D eigenvalue weighted by atomic mass is 32.1. The zero-order chi connectivity index (χ0) is 15.8. The van der Waals surface area contributed by atoms with Gasteiger partial charge in [0.05, 0.1) is 6.04 Å². The second-order valence-corrected chi connectivity index (χ2v) is 7.10. The van der Waals surface area contributed by atoms with E-state index in [9.17, 15) is 18.0 Å². The minimum absolute atomic E-state index is 0.239. The van der Waals surface area contributed by atoms with Crippen LogP contribution in [0.1, 0.15) is 36.2 Å². The van der Waals surface area contributed by atoms with E-state index in [4.69, 9.17) is 0 Å². The molecule has 1 fully saturated rings. The van der Waals surface area contributed by atoms with Crippen LogP contribution in [-0.4, -0.2) is 29.6 Å². The van der Waals surface area contributed by atoms with Crippen LogP contribution >= 0.6 is 11.3 Å². The summed E-state index contributed by atoms with van der Waals surface area (Å²) in [6.45, 7) is 4.58. The maximum Gasteiger partial charge on any atom is 0.406 e. The van der Waals surface area contributed by atoms with Crippen LogP contribution in [-0.2, 0) is 4.79 Å². The van der Waals surface area contributed by atoms with Crippen molar-refractivity contribution in [3.63, 3.8) is 0 Å². The van der Waals surface area contributed by atoms with Gasteiger partial charge < -0.3 is 4.90 Å². The van der Waals surface area contributed by atoms with Gasteiger partial charge in [0, 0.05) is 9.75 Å². The van der Waals surface area contributed by atoms with Crippen LogP contribution in [0.3, 0.4) is 0 Å². The van der Waals surface area contributed by atoms with Crippen LogP contribution in [0, 0.1) is 12.8 Å². The maximum atomic E-state index is 12.7. The molecule has 0 saturated carbocycles. The molecule has 0 radical (unpaired) electrons. The zero-order valence-electron chi connectivity index (χ0n) is 12.2. The van der Waals surface area contributed by atoms with E-state index in [0.717, 1.165) is 14.7 Å². The number of carbonyl (C=O) groups excluding carboxylic acids is 1. The summed E-state index contributed by atoms with van der Waals surface area (Å²) < 4.78 is 38.2. The molecule has 1 aliphatic heterocycles. The molecular weight excluding hydrogens is 301 g/mol. The summed E-state index contributed by atoms with van der Waals surface area (Å²) in [5.74, 6) is -0.222. The van der Waals surface area contributed by atoms with Gasteiger partial charge in [-0.25, -0.2) is 0 Å². The fourth-order valence-corrected chi connectivity index (χ4v) is 3.47. The lowest BCUT2D eigenvalue weighted by atomic mass is 10.0. The van der Waals surface area contributed by atoms with Crippen molar-refractivity contribution in [1.82, 2.24) is 10.2 Å². The Morgan fingerprint density at radius 2 is 2.05 bits per heavy atom. The molecule has 21 heavy (non-hydrogen) atoms. The van der Waals surface area contributed by atoms with Crippen LogP contribution < -0.4 is 5.32 Å². The number of hydrogen-bond donors (Lipinski definition) is 1. The molecular formula is C14H19F3N2OS. The van der Waals surface area contributed by atoms with E-state index >= 15 is 0 Å². The van der Waals surface area contributed by atoms with Crippen LogP contribution in [0.4, 0.5) is 13.2 Å². The van der Waals surface area contributed by atoms with Gasteiger partial charge in [-0.15, -0.1) is 11.3 Å². The first-order valence-corrected chi connectivity index (χ1v) is 7.68. The van der Waals surface area contributed by atoms with Gasteiger partial charge in [-0.05, 0) is 31.4 Å². The lowest BCUT2D eigenvalue weighted by Gasteiger charge is -2.24. The first-order valence-electron chi connectivity index (χ1n) is 6.87. The number of halogens is 3. The summed E-state index contributed by atoms with van der Waals surface area (Å²) in [4.78, 5) is 15.0. The Bertz CT molecular complexity index is 513. The number of rotatable bonds is 4. The highest BCUT2D eigenvalue weighted by molar-refractivity contribution is 7.12. The van der Waals surface area contributed by atoms with Crippen LogP contribution in [0.2, 0.25) is 0 Å². The minimum atomic E-state index is -4.39. The predicted molar refractivity (Wildman–Crippen MR) is 75.9 cm³/mol. The molecule has 0 bridgehead atoms. The quantitative estimate of drug-likeness (QED) is 0.921. The van der Waals surface area contributed by atoms with Gasteiger partial charge in [0.2, 0.25) is 5.91 Å². The average molecular weight is 320 g/mol. The minimum Gasteiger partial charge on any atom is -0.312 e. The summed E-state index contributed by atoms with van der Waals surface area (Å²) in [6, 6.07) is 3.10. The van der Waals surface area contributed by atoms with Crippen molar-refractivity contribution in [2.24, 2.45) is 5.92 Å². The molecule has 2 rings (SSSR count). The number of carbonyl (C=O) groups is 1. The third kappa shape index (κ3) is 3.97. The van der Waals surface area contributed by atoms with E-state index in [0.29, 0.717) is 6.42 Å². The van der Waals surface area contributed by atoms with E-state index in [2.05, 4.69) is 5.32 Å². The fraction of sp³-hybridized carbons (Fsp3) is 0.643. The molecule has 0 aliphatic carbocycles. The number of amides is 1. The number of nitrogens with one attached hydrogen (secondary N) is 1. The Balaban J connectivity index is 2.25. The Hall–Kier alpha value is -1.08. The normalized spacial score (nSPS) is 23.4. The van der Waals surface area contributed by atoms with Crippen molar-refractivity contribution in [1.29, 1.82) is 0 Å². The number of alkyl halides is 3. The van der Waals surface area contributed by atoms with Crippen molar-refractivity contribution in [3.05, 3.63) is 21.9 Å².